The second kappa shape index (κ2) is 5.33. The zero-order valence-electron chi connectivity index (χ0n) is 10.1. The van der Waals surface area contributed by atoms with Crippen LogP contribution in [0.1, 0.15) is 32.1 Å². The molecule has 0 aromatic heterocycles. The van der Waals surface area contributed by atoms with E-state index in [0.717, 1.165) is 32.1 Å². The van der Waals surface area contributed by atoms with E-state index in [-0.39, 0.29) is 31.0 Å². The van der Waals surface area contributed by atoms with Gasteiger partial charge in [0.15, 0.2) is 0 Å². The zero-order valence-corrected chi connectivity index (χ0v) is 10.1. The number of aliphatic hydroxyl groups excluding tert-OH is 2. The Kier molecular flexibility index (Phi) is 4.01. The van der Waals surface area contributed by atoms with Gasteiger partial charge in [0.2, 0.25) is 5.91 Å². The molecule has 0 radical (unpaired) electrons. The van der Waals surface area contributed by atoms with Crippen LogP contribution in [-0.4, -0.2) is 52.4 Å². The summed E-state index contributed by atoms with van der Waals surface area (Å²) in [6.45, 7) is 0.479. The van der Waals surface area contributed by atoms with E-state index in [1.165, 1.54) is 0 Å². The van der Waals surface area contributed by atoms with Crippen molar-refractivity contribution in [2.75, 3.05) is 13.1 Å². The third-order valence-electron chi connectivity index (χ3n) is 3.96. The van der Waals surface area contributed by atoms with Crippen LogP contribution in [0.25, 0.3) is 0 Å². The van der Waals surface area contributed by atoms with E-state index >= 15 is 0 Å². The molecule has 4 atom stereocenters. The van der Waals surface area contributed by atoms with Crippen LogP contribution in [0.3, 0.4) is 0 Å². The normalized spacial score (nSPS) is 39.1. The highest BCUT2D eigenvalue weighted by Crippen LogP contribution is 2.25. The van der Waals surface area contributed by atoms with E-state index in [1.54, 1.807) is 4.90 Å². The van der Waals surface area contributed by atoms with Crippen LogP contribution >= 0.6 is 0 Å². The summed E-state index contributed by atoms with van der Waals surface area (Å²) < 4.78 is 0. The van der Waals surface area contributed by atoms with Gasteiger partial charge < -0.3 is 20.8 Å². The van der Waals surface area contributed by atoms with Gasteiger partial charge in [0, 0.05) is 19.1 Å². The number of likely N-dealkylation sites (tertiary alicyclic amines) is 1. The van der Waals surface area contributed by atoms with Crippen molar-refractivity contribution >= 4 is 5.91 Å². The van der Waals surface area contributed by atoms with E-state index in [4.69, 9.17) is 5.73 Å². The standard InChI is InChI=1S/C12H22N2O3/c13-9-5-3-1-2-4-8(9)12(17)14-6-10(15)11(16)7-14/h8-11,15-16H,1-7,13H2. The Bertz CT molecular complexity index is 275. The number of hydrogen-bond acceptors (Lipinski definition) is 4. The number of aliphatic hydroxyl groups is 2. The fourth-order valence-electron chi connectivity index (χ4n) is 2.83. The Morgan fingerprint density at radius 3 is 2.29 bits per heavy atom. The predicted molar refractivity (Wildman–Crippen MR) is 63.1 cm³/mol. The molecular formula is C12H22N2O3. The van der Waals surface area contributed by atoms with Crippen molar-refractivity contribution in [3.63, 3.8) is 0 Å². The summed E-state index contributed by atoms with van der Waals surface area (Å²) >= 11 is 0. The van der Waals surface area contributed by atoms with Gasteiger partial charge in [-0.2, -0.15) is 0 Å². The number of nitrogens with two attached hydrogens (primary N) is 1. The van der Waals surface area contributed by atoms with Crippen LogP contribution in [0, 0.1) is 5.92 Å². The SMILES string of the molecule is NC1CCCCCC1C(=O)N1CC(O)C(O)C1. The number of β-amino-alcohol motifs (C(OH)–C–C–N with tert-alkyl or cyclic N) is 2. The molecule has 1 aliphatic carbocycles. The van der Waals surface area contributed by atoms with E-state index in [0.29, 0.717) is 0 Å². The minimum Gasteiger partial charge on any atom is -0.388 e. The van der Waals surface area contributed by atoms with Crippen molar-refractivity contribution in [2.45, 2.75) is 50.4 Å². The first kappa shape index (κ1) is 12.8. The highest BCUT2D eigenvalue weighted by atomic mass is 16.3. The first-order chi connectivity index (χ1) is 8.09. The van der Waals surface area contributed by atoms with Crippen LogP contribution in [0.15, 0.2) is 0 Å². The first-order valence-electron chi connectivity index (χ1n) is 6.50. The fraction of sp³-hybridized carbons (Fsp3) is 0.917. The smallest absolute Gasteiger partial charge is 0.227 e. The van der Waals surface area contributed by atoms with E-state index < -0.39 is 12.2 Å². The molecule has 17 heavy (non-hydrogen) atoms. The molecule has 2 aliphatic rings. The minimum atomic E-state index is -0.805. The van der Waals surface area contributed by atoms with Gasteiger partial charge in [-0.1, -0.05) is 19.3 Å². The average molecular weight is 242 g/mol. The lowest BCUT2D eigenvalue weighted by Gasteiger charge is -2.26. The lowest BCUT2D eigenvalue weighted by atomic mass is 9.94. The molecule has 0 spiro atoms. The molecular weight excluding hydrogens is 220 g/mol. The second-order valence-electron chi connectivity index (χ2n) is 5.29. The molecule has 2 rings (SSSR count). The monoisotopic (exact) mass is 242 g/mol. The topological polar surface area (TPSA) is 86.8 Å². The van der Waals surface area contributed by atoms with Crippen LogP contribution in [0.2, 0.25) is 0 Å². The maximum Gasteiger partial charge on any atom is 0.227 e. The summed E-state index contributed by atoms with van der Waals surface area (Å²) in [5.41, 5.74) is 6.04. The van der Waals surface area contributed by atoms with Gasteiger partial charge >= 0.3 is 0 Å². The number of carbonyl (C=O) groups is 1. The number of rotatable bonds is 1. The number of hydrogen-bond donors (Lipinski definition) is 3. The van der Waals surface area contributed by atoms with Gasteiger partial charge in [-0.15, -0.1) is 0 Å². The molecule has 1 heterocycles. The average Bonchev–Trinajstić information content (AvgIpc) is 2.51. The summed E-state index contributed by atoms with van der Waals surface area (Å²) in [5, 5.41) is 18.9. The third kappa shape index (κ3) is 2.78. The first-order valence-corrected chi connectivity index (χ1v) is 6.50. The molecule has 1 aliphatic heterocycles. The second-order valence-corrected chi connectivity index (χ2v) is 5.29. The Hall–Kier alpha value is -0.650. The quantitative estimate of drug-likeness (QED) is 0.539. The summed E-state index contributed by atoms with van der Waals surface area (Å²) in [5.74, 6) is -0.120. The minimum absolute atomic E-state index is 0.00926. The van der Waals surface area contributed by atoms with Gasteiger partial charge in [-0.05, 0) is 12.8 Å². The Labute approximate surface area is 102 Å². The summed E-state index contributed by atoms with van der Waals surface area (Å²) in [6.07, 6.45) is 3.40. The third-order valence-corrected chi connectivity index (χ3v) is 3.96. The number of carbonyl (C=O) groups excluding carboxylic acids is 1. The molecule has 0 aromatic carbocycles. The number of amides is 1. The van der Waals surface area contributed by atoms with E-state index in [1.807, 2.05) is 0 Å². The maximum absolute atomic E-state index is 12.3. The van der Waals surface area contributed by atoms with E-state index in [9.17, 15) is 15.0 Å². The van der Waals surface area contributed by atoms with Gasteiger partial charge in [-0.3, -0.25) is 4.79 Å². The molecule has 0 aromatic rings. The van der Waals surface area contributed by atoms with Crippen molar-refractivity contribution in [1.82, 2.24) is 4.90 Å². The highest BCUT2D eigenvalue weighted by molar-refractivity contribution is 5.80. The van der Waals surface area contributed by atoms with Gasteiger partial charge in [0.05, 0.1) is 18.1 Å². The van der Waals surface area contributed by atoms with Crippen molar-refractivity contribution in [1.29, 1.82) is 0 Å². The zero-order chi connectivity index (χ0) is 12.4. The molecule has 1 amide bonds. The lowest BCUT2D eigenvalue weighted by Crippen LogP contribution is -2.43. The molecule has 98 valence electrons. The Balaban J connectivity index is 1.98. The molecule has 0 bridgehead atoms. The van der Waals surface area contributed by atoms with Gasteiger partial charge in [0.1, 0.15) is 0 Å². The molecule has 1 saturated heterocycles. The Morgan fingerprint density at radius 2 is 1.65 bits per heavy atom. The van der Waals surface area contributed by atoms with Crippen LogP contribution in [0.4, 0.5) is 0 Å². The van der Waals surface area contributed by atoms with Gasteiger partial charge in [-0.25, -0.2) is 0 Å². The number of nitrogens with zero attached hydrogens (tertiary/aromatic N) is 1. The fourth-order valence-corrected chi connectivity index (χ4v) is 2.83. The van der Waals surface area contributed by atoms with Crippen molar-refractivity contribution in [3.8, 4) is 0 Å². The van der Waals surface area contributed by atoms with Crippen molar-refractivity contribution < 1.29 is 15.0 Å². The largest absolute Gasteiger partial charge is 0.388 e. The molecule has 4 N–H and O–H groups in total. The predicted octanol–water partition coefficient (Wildman–Crippen LogP) is -0.542. The lowest BCUT2D eigenvalue weighted by molar-refractivity contribution is -0.135. The molecule has 2 fully saturated rings. The van der Waals surface area contributed by atoms with Crippen LogP contribution < -0.4 is 5.73 Å². The molecule has 1 saturated carbocycles. The summed E-state index contributed by atoms with van der Waals surface area (Å²) in [6, 6.07) is -0.0696. The van der Waals surface area contributed by atoms with Gasteiger partial charge in [0.25, 0.3) is 0 Å². The summed E-state index contributed by atoms with van der Waals surface area (Å²) in [7, 11) is 0. The van der Waals surface area contributed by atoms with Crippen LogP contribution in [0.5, 0.6) is 0 Å². The Morgan fingerprint density at radius 1 is 1.06 bits per heavy atom. The molecule has 5 heteroatoms. The maximum atomic E-state index is 12.3. The van der Waals surface area contributed by atoms with Crippen LogP contribution in [-0.2, 0) is 4.79 Å². The van der Waals surface area contributed by atoms with E-state index in [2.05, 4.69) is 0 Å². The molecule has 4 unspecified atom stereocenters. The van der Waals surface area contributed by atoms with Crippen molar-refractivity contribution in [3.05, 3.63) is 0 Å². The highest BCUT2D eigenvalue weighted by Gasteiger charge is 2.37. The molecule has 5 nitrogen and oxygen atoms in total. The van der Waals surface area contributed by atoms with Crippen molar-refractivity contribution in [2.24, 2.45) is 11.7 Å². The summed E-state index contributed by atoms with van der Waals surface area (Å²) in [4.78, 5) is 13.8.